The summed E-state index contributed by atoms with van der Waals surface area (Å²) in [5, 5.41) is 2.63. The van der Waals surface area contributed by atoms with Crippen molar-refractivity contribution in [1.29, 1.82) is 0 Å². The van der Waals surface area contributed by atoms with E-state index in [2.05, 4.69) is 85.3 Å². The van der Waals surface area contributed by atoms with Gasteiger partial charge in [-0.1, -0.05) is 78.5 Å². The Bertz CT molecular complexity index is 1310. The quantitative estimate of drug-likeness (QED) is 0.386. The molecule has 0 N–H and O–H groups in total. The second kappa shape index (κ2) is 7.03. The van der Waals surface area contributed by atoms with Gasteiger partial charge in [0.15, 0.2) is 0 Å². The largest absolute Gasteiger partial charge is 0.339 e. The van der Waals surface area contributed by atoms with Crippen LogP contribution in [-0.4, -0.2) is 17.0 Å². The lowest BCUT2D eigenvalue weighted by atomic mass is 9.73. The molecule has 0 saturated carbocycles. The molecule has 0 bridgehead atoms. The van der Waals surface area contributed by atoms with Crippen molar-refractivity contribution in [3.63, 3.8) is 0 Å². The van der Waals surface area contributed by atoms with Crippen LogP contribution in [0.4, 0.5) is 5.69 Å². The van der Waals surface area contributed by atoms with Gasteiger partial charge in [-0.3, -0.25) is 4.79 Å². The highest BCUT2D eigenvalue weighted by molar-refractivity contribution is 7.99. The van der Waals surface area contributed by atoms with Crippen LogP contribution < -0.4 is 4.90 Å². The summed E-state index contributed by atoms with van der Waals surface area (Å²) in [4.78, 5) is 16.0. The Morgan fingerprint density at radius 3 is 2.42 bits per heavy atom. The van der Waals surface area contributed by atoms with E-state index in [9.17, 15) is 4.79 Å². The summed E-state index contributed by atoms with van der Waals surface area (Å²) >= 11 is 1.85. The summed E-state index contributed by atoms with van der Waals surface area (Å²) in [7, 11) is 2.16. The lowest BCUT2D eigenvalue weighted by molar-refractivity contribution is -0.123. The molecule has 0 saturated heterocycles. The summed E-state index contributed by atoms with van der Waals surface area (Å²) in [6.45, 7) is 2.76. The summed E-state index contributed by atoms with van der Waals surface area (Å²) < 4.78 is 2.32. The summed E-state index contributed by atoms with van der Waals surface area (Å²) in [6, 6.07) is 27.7. The van der Waals surface area contributed by atoms with E-state index >= 15 is 0 Å². The number of carbonyl (C=O) groups excluding carboxylic acids is 1. The third-order valence-electron chi connectivity index (χ3n) is 6.88. The van der Waals surface area contributed by atoms with E-state index in [1.54, 1.807) is 0 Å². The first-order valence-electron chi connectivity index (χ1n) is 10.9. The Morgan fingerprint density at radius 1 is 0.903 bits per heavy atom. The standard InChI is InChI=1S/C27H24N2OS/c1-3-29-21-16-10-8-14-19(21)22-23-18-13-7-9-15-20(18)28(2)27(23)31-25(24(22)26(29)30)17-11-5-4-6-12-17/h4-16,22,24-25H,3H2,1-2H3/t22-,24-,25+/m1/s1. The second-order valence-corrected chi connectivity index (χ2v) is 9.52. The third kappa shape index (κ3) is 2.58. The lowest BCUT2D eigenvalue weighted by Crippen LogP contribution is -2.46. The minimum Gasteiger partial charge on any atom is -0.339 e. The van der Waals surface area contributed by atoms with E-state index in [-0.39, 0.29) is 23.0 Å². The highest BCUT2D eigenvalue weighted by Crippen LogP contribution is 2.60. The Kier molecular flexibility index (Phi) is 4.25. The fourth-order valence-corrected chi connectivity index (χ4v) is 7.12. The van der Waals surface area contributed by atoms with Gasteiger partial charge >= 0.3 is 0 Å². The summed E-state index contributed by atoms with van der Waals surface area (Å²) in [6.07, 6.45) is 0. The first-order chi connectivity index (χ1) is 15.2. The van der Waals surface area contributed by atoms with Crippen molar-refractivity contribution < 1.29 is 4.79 Å². The molecule has 3 heterocycles. The van der Waals surface area contributed by atoms with Gasteiger partial charge in [0, 0.05) is 46.9 Å². The van der Waals surface area contributed by atoms with Crippen molar-refractivity contribution >= 4 is 34.3 Å². The molecule has 4 heteroatoms. The average Bonchev–Trinajstić information content (AvgIpc) is 3.11. The van der Waals surface area contributed by atoms with E-state index < -0.39 is 0 Å². The van der Waals surface area contributed by atoms with Crippen LogP contribution in [0.1, 0.15) is 34.8 Å². The van der Waals surface area contributed by atoms with Gasteiger partial charge in [0.1, 0.15) is 0 Å². The molecule has 31 heavy (non-hydrogen) atoms. The number of hydrogen-bond donors (Lipinski definition) is 0. The number of fused-ring (bicyclic) bond motifs is 7. The fraction of sp³-hybridized carbons (Fsp3) is 0.222. The van der Waals surface area contributed by atoms with Crippen LogP contribution in [0.25, 0.3) is 10.9 Å². The zero-order valence-corrected chi connectivity index (χ0v) is 18.5. The van der Waals surface area contributed by atoms with Gasteiger partial charge in [-0.05, 0) is 30.2 Å². The molecule has 1 aromatic heterocycles. The van der Waals surface area contributed by atoms with Crippen LogP contribution in [0.2, 0.25) is 0 Å². The normalized spacial score (nSPS) is 22.2. The predicted molar refractivity (Wildman–Crippen MR) is 128 cm³/mol. The van der Waals surface area contributed by atoms with Crippen LogP contribution in [0.15, 0.2) is 83.9 Å². The number of hydrogen-bond acceptors (Lipinski definition) is 2. The zero-order valence-electron chi connectivity index (χ0n) is 17.7. The smallest absolute Gasteiger partial charge is 0.232 e. The Hall–Kier alpha value is -2.98. The van der Waals surface area contributed by atoms with Crippen LogP contribution in [0, 0.1) is 5.92 Å². The Balaban J connectivity index is 1.69. The zero-order chi connectivity index (χ0) is 21.1. The van der Waals surface area contributed by atoms with Crippen molar-refractivity contribution in [3.05, 3.63) is 95.6 Å². The third-order valence-corrected chi connectivity index (χ3v) is 8.42. The summed E-state index contributed by atoms with van der Waals surface area (Å²) in [5.74, 6) is 0.172. The number of aryl methyl sites for hydroxylation is 1. The Labute approximate surface area is 186 Å². The van der Waals surface area contributed by atoms with Gasteiger partial charge in [-0.2, -0.15) is 0 Å². The number of para-hydroxylation sites is 2. The van der Waals surface area contributed by atoms with Crippen molar-refractivity contribution in [2.75, 3.05) is 11.4 Å². The molecule has 154 valence electrons. The minimum atomic E-state index is -0.124. The highest BCUT2D eigenvalue weighted by atomic mass is 32.2. The minimum absolute atomic E-state index is 0.0547. The number of nitrogens with zero attached hydrogens (tertiary/aromatic N) is 2. The van der Waals surface area contributed by atoms with Crippen LogP contribution in [-0.2, 0) is 11.8 Å². The number of benzene rings is 3. The molecule has 4 aromatic rings. The molecule has 3 aromatic carbocycles. The SMILES string of the molecule is CCN1C(=O)[C@@H]2[C@H](c3ccccc31)c1c(n(C)c3ccccc13)S[C@H]2c1ccccc1. The van der Waals surface area contributed by atoms with Gasteiger partial charge in [0.05, 0.1) is 10.9 Å². The molecular weight excluding hydrogens is 400 g/mol. The number of amides is 1. The van der Waals surface area contributed by atoms with Crippen LogP contribution in [0.5, 0.6) is 0 Å². The molecule has 2 aliphatic rings. The summed E-state index contributed by atoms with van der Waals surface area (Å²) in [5.41, 5.74) is 6.11. The molecule has 6 rings (SSSR count). The second-order valence-electron chi connectivity index (χ2n) is 8.39. The molecular formula is C27H24N2OS. The molecule has 0 fully saturated rings. The molecule has 3 atom stereocenters. The molecule has 0 radical (unpaired) electrons. The Morgan fingerprint density at radius 2 is 1.61 bits per heavy atom. The first kappa shape index (κ1) is 18.8. The maximum atomic E-state index is 14.0. The van der Waals surface area contributed by atoms with Gasteiger partial charge in [-0.25, -0.2) is 0 Å². The van der Waals surface area contributed by atoms with E-state index in [0.717, 1.165) is 5.69 Å². The number of thioether (sulfide) groups is 1. The van der Waals surface area contributed by atoms with Gasteiger partial charge in [-0.15, -0.1) is 0 Å². The molecule has 0 spiro atoms. The monoisotopic (exact) mass is 424 g/mol. The average molecular weight is 425 g/mol. The molecule has 3 nitrogen and oxygen atoms in total. The number of carbonyl (C=O) groups is 1. The first-order valence-corrected chi connectivity index (χ1v) is 11.8. The van der Waals surface area contributed by atoms with Gasteiger partial charge < -0.3 is 9.47 Å². The van der Waals surface area contributed by atoms with Gasteiger partial charge in [0.25, 0.3) is 0 Å². The maximum absolute atomic E-state index is 14.0. The van der Waals surface area contributed by atoms with Crippen molar-refractivity contribution in [1.82, 2.24) is 4.57 Å². The van der Waals surface area contributed by atoms with Crippen molar-refractivity contribution in [2.45, 2.75) is 23.1 Å². The molecule has 1 amide bonds. The lowest BCUT2D eigenvalue weighted by Gasteiger charge is -2.45. The van der Waals surface area contributed by atoms with Crippen LogP contribution >= 0.6 is 11.8 Å². The van der Waals surface area contributed by atoms with E-state index in [4.69, 9.17) is 0 Å². The van der Waals surface area contributed by atoms with Crippen molar-refractivity contribution in [2.24, 2.45) is 13.0 Å². The van der Waals surface area contributed by atoms with Crippen LogP contribution in [0.3, 0.4) is 0 Å². The van der Waals surface area contributed by atoms with Crippen molar-refractivity contribution in [3.8, 4) is 0 Å². The number of rotatable bonds is 2. The predicted octanol–water partition coefficient (Wildman–Crippen LogP) is 6.14. The van der Waals surface area contributed by atoms with E-state index in [0.29, 0.717) is 6.54 Å². The topological polar surface area (TPSA) is 25.2 Å². The number of anilines is 1. The van der Waals surface area contributed by atoms with E-state index in [1.807, 2.05) is 28.8 Å². The molecule has 0 unspecified atom stereocenters. The fourth-order valence-electron chi connectivity index (χ4n) is 5.55. The van der Waals surface area contributed by atoms with Gasteiger partial charge in [0.2, 0.25) is 5.91 Å². The molecule has 0 aliphatic carbocycles. The highest BCUT2D eigenvalue weighted by Gasteiger charge is 2.50. The molecule has 2 aliphatic heterocycles. The van der Waals surface area contributed by atoms with E-state index in [1.165, 1.54) is 32.6 Å². The maximum Gasteiger partial charge on any atom is 0.232 e. The number of aromatic nitrogens is 1.